The van der Waals surface area contributed by atoms with Gasteiger partial charge in [0.25, 0.3) is 5.91 Å². The zero-order valence-corrected chi connectivity index (χ0v) is 21.6. The van der Waals surface area contributed by atoms with Crippen molar-refractivity contribution in [2.24, 2.45) is 12.8 Å². The van der Waals surface area contributed by atoms with E-state index in [9.17, 15) is 14.7 Å². The summed E-state index contributed by atoms with van der Waals surface area (Å²) in [4.78, 5) is 29.0. The smallest absolute Gasteiger partial charge is 0.271 e. The number of allylic oxidation sites excluding steroid dienone is 1. The van der Waals surface area contributed by atoms with E-state index in [1.165, 1.54) is 9.70 Å². The highest BCUT2D eigenvalue weighted by molar-refractivity contribution is 6.00. The largest absolute Gasteiger partial charge is 0.496 e. The summed E-state index contributed by atoms with van der Waals surface area (Å²) in [5.41, 5.74) is 10.4. The van der Waals surface area contributed by atoms with Gasteiger partial charge in [-0.05, 0) is 56.2 Å². The molecule has 11 nitrogen and oxygen atoms in total. The predicted molar refractivity (Wildman–Crippen MR) is 137 cm³/mol. The summed E-state index contributed by atoms with van der Waals surface area (Å²) in [6.45, 7) is 6.23. The van der Waals surface area contributed by atoms with Gasteiger partial charge in [-0.2, -0.15) is 4.80 Å². The van der Waals surface area contributed by atoms with Crippen molar-refractivity contribution in [2.45, 2.75) is 51.8 Å². The van der Waals surface area contributed by atoms with Crippen LogP contribution >= 0.6 is 0 Å². The van der Waals surface area contributed by atoms with Crippen molar-refractivity contribution in [2.75, 3.05) is 13.7 Å². The molecule has 2 atom stereocenters. The number of methoxy groups -OCH3 is 1. The van der Waals surface area contributed by atoms with Crippen molar-refractivity contribution in [3.63, 3.8) is 0 Å². The first-order valence-electron chi connectivity index (χ1n) is 12.2. The maximum atomic E-state index is 13.9. The summed E-state index contributed by atoms with van der Waals surface area (Å²) in [5, 5.41) is 22.8. The zero-order chi connectivity index (χ0) is 26.6. The second kappa shape index (κ2) is 8.84. The molecule has 2 aromatic heterocycles. The van der Waals surface area contributed by atoms with E-state index in [1.54, 1.807) is 21.1 Å². The van der Waals surface area contributed by atoms with Gasteiger partial charge in [0, 0.05) is 30.6 Å². The van der Waals surface area contributed by atoms with Crippen LogP contribution in [0.15, 0.2) is 23.8 Å². The molecule has 3 N–H and O–H groups in total. The Balaban J connectivity index is 1.69. The molecule has 2 aliphatic heterocycles. The van der Waals surface area contributed by atoms with Crippen molar-refractivity contribution in [1.29, 1.82) is 0 Å². The van der Waals surface area contributed by atoms with Crippen LogP contribution in [0, 0.1) is 0 Å². The molecule has 2 aliphatic rings. The van der Waals surface area contributed by atoms with Crippen LogP contribution in [0.1, 0.15) is 48.8 Å². The Hall–Kier alpha value is -3.99. The molecule has 1 saturated heterocycles. The van der Waals surface area contributed by atoms with E-state index >= 15 is 0 Å². The number of rotatable bonds is 5. The fourth-order valence-corrected chi connectivity index (χ4v) is 5.44. The molecule has 1 aromatic carbocycles. The van der Waals surface area contributed by atoms with Gasteiger partial charge in [-0.3, -0.25) is 9.59 Å². The molecule has 2 amide bonds. The van der Waals surface area contributed by atoms with Gasteiger partial charge in [-0.15, -0.1) is 10.2 Å². The van der Waals surface area contributed by atoms with Crippen LogP contribution < -0.4 is 10.5 Å². The van der Waals surface area contributed by atoms with Gasteiger partial charge in [-0.25, -0.2) is 0 Å². The summed E-state index contributed by atoms with van der Waals surface area (Å²) in [5.74, 6) is 0.121. The normalized spacial score (nSPS) is 20.4. The van der Waals surface area contributed by atoms with Gasteiger partial charge in [0.2, 0.25) is 11.7 Å². The third-order valence-corrected chi connectivity index (χ3v) is 7.22. The summed E-state index contributed by atoms with van der Waals surface area (Å²) in [7, 11) is 3.31. The minimum atomic E-state index is -1.26. The highest BCUT2D eigenvalue weighted by Gasteiger charge is 2.49. The predicted octanol–water partition coefficient (Wildman–Crippen LogP) is 1.78. The molecule has 0 spiro atoms. The van der Waals surface area contributed by atoms with Gasteiger partial charge in [0.1, 0.15) is 17.0 Å². The van der Waals surface area contributed by atoms with E-state index < -0.39 is 17.6 Å². The second-order valence-corrected chi connectivity index (χ2v) is 10.2. The first-order chi connectivity index (χ1) is 17.5. The number of β-amino-alcohol motifs (C(OH)–C–C–N with tert-alkyl or cyclic N) is 1. The lowest BCUT2D eigenvalue weighted by atomic mass is 9.93. The number of amides is 2. The van der Waals surface area contributed by atoms with E-state index in [0.717, 1.165) is 28.0 Å². The topological polar surface area (TPSA) is 141 Å². The molecule has 4 heterocycles. The molecule has 1 fully saturated rings. The number of aliphatic hydroxyl groups is 1. The standard InChI is InChI=1S/C26H31N7O4/c1-14(2)8-16-9-20(24(35)33-13-17(34)12-26(33,3)25(27)36)32-7-6-15-10-21(37-5)19(11-18(15)22(16)32)23-28-30-31(4)29-23/h8-11,17,34H,6-7,12-13H2,1-5H3,(H2,27,36)/t17-,26+/m0/s1. The third-order valence-electron chi connectivity index (χ3n) is 7.22. The zero-order valence-electron chi connectivity index (χ0n) is 21.6. The Morgan fingerprint density at radius 2 is 2.00 bits per heavy atom. The fourth-order valence-electron chi connectivity index (χ4n) is 5.44. The van der Waals surface area contributed by atoms with Crippen molar-refractivity contribution in [1.82, 2.24) is 29.7 Å². The van der Waals surface area contributed by atoms with Gasteiger partial charge >= 0.3 is 0 Å². The van der Waals surface area contributed by atoms with Crippen LogP contribution in [0.25, 0.3) is 28.7 Å². The number of carbonyl (C=O) groups is 2. The number of likely N-dealkylation sites (tertiary alicyclic amines) is 1. The molecule has 5 rings (SSSR count). The van der Waals surface area contributed by atoms with E-state index in [-0.39, 0.29) is 18.9 Å². The van der Waals surface area contributed by atoms with Crippen LogP contribution in [0.4, 0.5) is 0 Å². The number of aromatic nitrogens is 5. The average Bonchev–Trinajstić information content (AvgIpc) is 3.53. The molecule has 0 bridgehead atoms. The van der Waals surface area contributed by atoms with E-state index in [0.29, 0.717) is 35.8 Å². The van der Waals surface area contributed by atoms with Crippen LogP contribution in [0.2, 0.25) is 0 Å². The number of nitrogens with zero attached hydrogens (tertiary/aromatic N) is 6. The number of aryl methyl sites for hydroxylation is 2. The van der Waals surface area contributed by atoms with Crippen molar-refractivity contribution in [3.8, 4) is 28.4 Å². The first kappa shape index (κ1) is 24.7. The quantitative estimate of drug-likeness (QED) is 0.538. The van der Waals surface area contributed by atoms with Gasteiger partial charge in [-0.1, -0.05) is 11.6 Å². The van der Waals surface area contributed by atoms with E-state index in [4.69, 9.17) is 10.5 Å². The number of carbonyl (C=O) groups excluding carboxylic acids is 2. The van der Waals surface area contributed by atoms with Gasteiger partial charge < -0.3 is 25.0 Å². The summed E-state index contributed by atoms with van der Waals surface area (Å²) < 4.78 is 7.65. The fraction of sp³-hybridized carbons (Fsp3) is 0.423. The molecule has 194 valence electrons. The Bertz CT molecular complexity index is 1450. The molecule has 0 unspecified atom stereocenters. The highest BCUT2D eigenvalue weighted by Crippen LogP contribution is 2.42. The minimum Gasteiger partial charge on any atom is -0.496 e. The molecule has 0 radical (unpaired) electrons. The summed E-state index contributed by atoms with van der Waals surface area (Å²) >= 11 is 0. The van der Waals surface area contributed by atoms with Crippen molar-refractivity contribution >= 4 is 17.9 Å². The maximum absolute atomic E-state index is 13.9. The van der Waals surface area contributed by atoms with Gasteiger partial charge in [0.05, 0.1) is 31.5 Å². The Morgan fingerprint density at radius 3 is 2.62 bits per heavy atom. The molecule has 0 saturated carbocycles. The number of hydrogen-bond acceptors (Lipinski definition) is 7. The van der Waals surface area contributed by atoms with Crippen LogP contribution in [0.3, 0.4) is 0 Å². The minimum absolute atomic E-state index is 0.0487. The number of ether oxygens (including phenoxy) is 1. The molecule has 3 aromatic rings. The second-order valence-electron chi connectivity index (χ2n) is 10.2. The first-order valence-corrected chi connectivity index (χ1v) is 12.2. The molecule has 11 heteroatoms. The van der Waals surface area contributed by atoms with Crippen LogP contribution in [-0.4, -0.2) is 71.9 Å². The number of nitrogens with two attached hydrogens (primary N) is 1. The third kappa shape index (κ3) is 3.99. The summed E-state index contributed by atoms with van der Waals surface area (Å²) in [6.07, 6.45) is 2.00. The SMILES string of the molecule is COc1cc2c(cc1-c1nnn(C)n1)-c1c(C=C(C)C)cc(C(=O)N3C[C@@H](O)C[C@]3(C)C(N)=O)n1CC2. The Morgan fingerprint density at radius 1 is 1.24 bits per heavy atom. The monoisotopic (exact) mass is 505 g/mol. The highest BCUT2D eigenvalue weighted by atomic mass is 16.5. The number of hydrogen-bond donors (Lipinski definition) is 2. The number of benzene rings is 1. The molecule has 0 aliphatic carbocycles. The molecule has 37 heavy (non-hydrogen) atoms. The van der Waals surface area contributed by atoms with Gasteiger partial charge in [0.15, 0.2) is 0 Å². The maximum Gasteiger partial charge on any atom is 0.271 e. The van der Waals surface area contributed by atoms with E-state index in [2.05, 4.69) is 15.4 Å². The lowest BCUT2D eigenvalue weighted by Gasteiger charge is -2.32. The van der Waals surface area contributed by atoms with E-state index in [1.807, 2.05) is 42.7 Å². The molecular formula is C26H31N7O4. The molecular weight excluding hydrogens is 474 g/mol. The van der Waals surface area contributed by atoms with Crippen LogP contribution in [-0.2, 0) is 24.8 Å². The lowest BCUT2D eigenvalue weighted by Crippen LogP contribution is -2.54. The number of aliphatic hydroxyl groups excluding tert-OH is 1. The lowest BCUT2D eigenvalue weighted by molar-refractivity contribution is -0.126. The number of primary amides is 1. The number of tetrazole rings is 1. The van der Waals surface area contributed by atoms with Crippen molar-refractivity contribution < 1.29 is 19.4 Å². The average molecular weight is 506 g/mol. The summed E-state index contributed by atoms with van der Waals surface area (Å²) in [6, 6.07) is 5.84. The Labute approximate surface area is 214 Å². The Kier molecular flexibility index (Phi) is 5.90. The van der Waals surface area contributed by atoms with Crippen LogP contribution in [0.5, 0.6) is 5.75 Å². The number of fused-ring (bicyclic) bond motifs is 3. The van der Waals surface area contributed by atoms with Crippen molar-refractivity contribution in [3.05, 3.63) is 40.6 Å².